The number of nitrogens with one attached hydrogen (secondary N) is 1. The van der Waals surface area contributed by atoms with Gasteiger partial charge in [-0.2, -0.15) is 5.10 Å². The summed E-state index contributed by atoms with van der Waals surface area (Å²) < 4.78 is 14.7. The smallest absolute Gasteiger partial charge is 0.222 e. The van der Waals surface area contributed by atoms with E-state index in [1.54, 1.807) is 29.9 Å². The minimum absolute atomic E-state index is 0. The van der Waals surface area contributed by atoms with E-state index in [2.05, 4.69) is 10.4 Å². The normalized spacial score (nSPS) is 13.1. The molecule has 5 nitrogen and oxygen atoms in total. The van der Waals surface area contributed by atoms with Crippen LogP contribution in [0.2, 0.25) is 0 Å². The van der Waals surface area contributed by atoms with Gasteiger partial charge in [0.15, 0.2) is 0 Å². The molecule has 2 unspecified atom stereocenters. The third kappa shape index (κ3) is 4.77. The van der Waals surface area contributed by atoms with Crippen LogP contribution in [0.25, 0.3) is 5.69 Å². The molecule has 0 fully saturated rings. The monoisotopic (exact) mass is 340 g/mol. The quantitative estimate of drug-likeness (QED) is 0.878. The van der Waals surface area contributed by atoms with Crippen molar-refractivity contribution in [2.24, 2.45) is 5.73 Å². The molecule has 2 rings (SSSR count). The third-order valence-corrected chi connectivity index (χ3v) is 3.47. The fraction of sp³-hybridized carbons (Fsp3) is 0.375. The van der Waals surface area contributed by atoms with Crippen LogP contribution in [-0.4, -0.2) is 21.7 Å². The van der Waals surface area contributed by atoms with E-state index in [0.717, 1.165) is 16.9 Å². The van der Waals surface area contributed by atoms with E-state index in [4.69, 9.17) is 5.73 Å². The molecule has 1 heterocycles. The number of rotatable bonds is 5. The van der Waals surface area contributed by atoms with E-state index in [-0.39, 0.29) is 42.6 Å². The first-order chi connectivity index (χ1) is 10.4. The van der Waals surface area contributed by atoms with Crippen LogP contribution in [0.5, 0.6) is 0 Å². The Morgan fingerprint density at radius 2 is 1.96 bits per heavy atom. The van der Waals surface area contributed by atoms with Crippen molar-refractivity contribution < 1.29 is 9.18 Å². The van der Waals surface area contributed by atoms with Crippen LogP contribution < -0.4 is 11.1 Å². The summed E-state index contributed by atoms with van der Waals surface area (Å²) in [4.78, 5) is 11.8. The maximum absolute atomic E-state index is 13.0. The SMILES string of the molecule is Cc1c(C(C)NC(=O)CC(C)N)cnn1-c1ccc(F)cc1.Cl. The Kier molecular flexibility index (Phi) is 6.72. The van der Waals surface area contributed by atoms with Crippen molar-refractivity contribution in [3.8, 4) is 5.69 Å². The molecule has 2 atom stereocenters. The number of nitrogens with zero attached hydrogens (tertiary/aromatic N) is 2. The van der Waals surface area contributed by atoms with Gasteiger partial charge >= 0.3 is 0 Å². The van der Waals surface area contributed by atoms with Gasteiger partial charge in [0, 0.05) is 23.7 Å². The Labute approximate surface area is 141 Å². The zero-order valence-electron chi connectivity index (χ0n) is 13.4. The average molecular weight is 341 g/mol. The second-order valence-electron chi connectivity index (χ2n) is 5.54. The molecule has 0 saturated heterocycles. The van der Waals surface area contributed by atoms with Crippen LogP contribution in [0.1, 0.15) is 37.6 Å². The van der Waals surface area contributed by atoms with Crippen molar-refractivity contribution in [2.45, 2.75) is 39.3 Å². The van der Waals surface area contributed by atoms with Crippen molar-refractivity contribution in [1.29, 1.82) is 0 Å². The number of hydrogen-bond donors (Lipinski definition) is 2. The molecule has 1 aromatic heterocycles. The molecule has 0 aliphatic rings. The molecule has 0 aliphatic heterocycles. The van der Waals surface area contributed by atoms with E-state index in [1.165, 1.54) is 12.1 Å². The predicted octanol–water partition coefficient (Wildman–Crippen LogP) is 2.66. The zero-order valence-corrected chi connectivity index (χ0v) is 14.2. The summed E-state index contributed by atoms with van der Waals surface area (Å²) in [7, 11) is 0. The molecule has 3 N–H and O–H groups in total. The van der Waals surface area contributed by atoms with Gasteiger partial charge in [-0.15, -0.1) is 12.4 Å². The Balaban J connectivity index is 0.00000264. The summed E-state index contributed by atoms with van der Waals surface area (Å²) in [6, 6.07) is 5.78. The number of carbonyl (C=O) groups is 1. The molecule has 7 heteroatoms. The summed E-state index contributed by atoms with van der Waals surface area (Å²) in [5, 5.41) is 7.23. The Morgan fingerprint density at radius 3 is 2.52 bits per heavy atom. The van der Waals surface area contributed by atoms with Crippen molar-refractivity contribution in [3.63, 3.8) is 0 Å². The minimum atomic E-state index is -0.287. The highest BCUT2D eigenvalue weighted by Crippen LogP contribution is 2.20. The molecular weight excluding hydrogens is 319 g/mol. The topological polar surface area (TPSA) is 72.9 Å². The van der Waals surface area contributed by atoms with Crippen LogP contribution in [0.15, 0.2) is 30.5 Å². The lowest BCUT2D eigenvalue weighted by atomic mass is 10.1. The number of amides is 1. The molecule has 126 valence electrons. The molecule has 0 bridgehead atoms. The Morgan fingerprint density at radius 1 is 1.35 bits per heavy atom. The largest absolute Gasteiger partial charge is 0.349 e. The zero-order chi connectivity index (χ0) is 16.3. The average Bonchev–Trinajstić information content (AvgIpc) is 2.80. The van der Waals surface area contributed by atoms with E-state index in [9.17, 15) is 9.18 Å². The standard InChI is InChI=1S/C16H21FN4O.ClH/c1-10(18)8-16(22)20-11(2)15-9-19-21(12(15)3)14-6-4-13(17)5-7-14;/h4-7,9-11H,8,18H2,1-3H3,(H,20,22);1H. The highest BCUT2D eigenvalue weighted by Gasteiger charge is 2.16. The maximum Gasteiger partial charge on any atom is 0.222 e. The summed E-state index contributed by atoms with van der Waals surface area (Å²) >= 11 is 0. The van der Waals surface area contributed by atoms with Crippen LogP contribution >= 0.6 is 12.4 Å². The summed E-state index contributed by atoms with van der Waals surface area (Å²) in [6.07, 6.45) is 2.00. The third-order valence-electron chi connectivity index (χ3n) is 3.47. The van der Waals surface area contributed by atoms with Gasteiger partial charge in [0.05, 0.1) is 17.9 Å². The van der Waals surface area contributed by atoms with Gasteiger partial charge in [-0.1, -0.05) is 0 Å². The van der Waals surface area contributed by atoms with Gasteiger partial charge in [-0.05, 0) is 45.0 Å². The van der Waals surface area contributed by atoms with E-state index in [0.29, 0.717) is 0 Å². The molecule has 2 aromatic rings. The van der Waals surface area contributed by atoms with Gasteiger partial charge in [-0.3, -0.25) is 4.79 Å². The summed E-state index contributed by atoms with van der Waals surface area (Å²) in [6.45, 7) is 5.61. The van der Waals surface area contributed by atoms with Gasteiger partial charge in [0.1, 0.15) is 5.82 Å². The molecule has 0 saturated carbocycles. The van der Waals surface area contributed by atoms with Gasteiger partial charge in [0.25, 0.3) is 0 Å². The second-order valence-corrected chi connectivity index (χ2v) is 5.54. The number of carbonyl (C=O) groups excluding carboxylic acids is 1. The fourth-order valence-corrected chi connectivity index (χ4v) is 2.36. The lowest BCUT2D eigenvalue weighted by Gasteiger charge is -2.15. The Bertz CT molecular complexity index is 655. The van der Waals surface area contributed by atoms with Gasteiger partial charge in [-0.25, -0.2) is 9.07 Å². The van der Waals surface area contributed by atoms with Gasteiger partial charge < -0.3 is 11.1 Å². The molecule has 0 radical (unpaired) electrons. The fourth-order valence-electron chi connectivity index (χ4n) is 2.36. The number of benzene rings is 1. The molecule has 1 amide bonds. The van der Waals surface area contributed by atoms with Gasteiger partial charge in [0.2, 0.25) is 5.91 Å². The first-order valence-electron chi connectivity index (χ1n) is 7.24. The van der Waals surface area contributed by atoms with Crippen LogP contribution in [0, 0.1) is 12.7 Å². The Hall–Kier alpha value is -1.92. The van der Waals surface area contributed by atoms with Crippen molar-refractivity contribution in [2.75, 3.05) is 0 Å². The minimum Gasteiger partial charge on any atom is -0.349 e. The van der Waals surface area contributed by atoms with Crippen LogP contribution in [-0.2, 0) is 4.79 Å². The van der Waals surface area contributed by atoms with Crippen molar-refractivity contribution >= 4 is 18.3 Å². The maximum atomic E-state index is 13.0. The first kappa shape index (κ1) is 19.1. The summed E-state index contributed by atoms with van der Waals surface area (Å²) in [5.74, 6) is -0.373. The highest BCUT2D eigenvalue weighted by molar-refractivity contribution is 5.85. The summed E-state index contributed by atoms with van der Waals surface area (Å²) in [5.41, 5.74) is 8.22. The molecular formula is C16H22ClFN4O. The van der Waals surface area contributed by atoms with E-state index >= 15 is 0 Å². The first-order valence-corrected chi connectivity index (χ1v) is 7.24. The molecule has 0 spiro atoms. The number of halogens is 2. The van der Waals surface area contributed by atoms with Crippen LogP contribution in [0.3, 0.4) is 0 Å². The lowest BCUT2D eigenvalue weighted by molar-refractivity contribution is -0.122. The van der Waals surface area contributed by atoms with E-state index < -0.39 is 0 Å². The number of aromatic nitrogens is 2. The highest BCUT2D eigenvalue weighted by atomic mass is 35.5. The molecule has 1 aromatic carbocycles. The second kappa shape index (κ2) is 8.08. The number of nitrogens with two attached hydrogens (primary N) is 1. The number of hydrogen-bond acceptors (Lipinski definition) is 3. The lowest BCUT2D eigenvalue weighted by Crippen LogP contribution is -2.31. The van der Waals surface area contributed by atoms with Crippen LogP contribution in [0.4, 0.5) is 4.39 Å². The van der Waals surface area contributed by atoms with E-state index in [1.807, 2.05) is 13.8 Å². The molecule has 23 heavy (non-hydrogen) atoms. The van der Waals surface area contributed by atoms with Crippen molar-refractivity contribution in [1.82, 2.24) is 15.1 Å². The molecule has 0 aliphatic carbocycles. The van der Waals surface area contributed by atoms with Crippen molar-refractivity contribution in [3.05, 3.63) is 47.5 Å². The predicted molar refractivity (Wildman–Crippen MR) is 90.3 cm³/mol.